The molecule has 6 heteroatoms. The van der Waals surface area contributed by atoms with Crippen LogP contribution in [0, 0.1) is 0 Å². The number of aromatic nitrogens is 1. The third-order valence-corrected chi connectivity index (χ3v) is 6.00. The summed E-state index contributed by atoms with van der Waals surface area (Å²) >= 11 is 6.05. The maximum absolute atomic E-state index is 12.2. The standard InChI is InChI=1S/C26H22ClN3O2/c27-20-8-9-23-19(14-20)7-11-25(29-23)32-21-12-13-30(16-21)24-10-6-18(15-22(24)26(28)31)17-4-2-1-3-5-17/h1-11,14-15,21H,12-13,16H2,(H2,28,31)/t21-/m1/s1. The zero-order valence-corrected chi connectivity index (χ0v) is 18.1. The number of primary amides is 1. The van der Waals surface area contributed by atoms with E-state index in [9.17, 15) is 4.79 Å². The van der Waals surface area contributed by atoms with Crippen LogP contribution in [0.2, 0.25) is 5.02 Å². The minimum absolute atomic E-state index is 0.0261. The van der Waals surface area contributed by atoms with Gasteiger partial charge in [-0.15, -0.1) is 0 Å². The van der Waals surface area contributed by atoms with Crippen LogP contribution in [-0.4, -0.2) is 30.1 Å². The second kappa shape index (κ2) is 8.52. The molecule has 5 rings (SSSR count). The van der Waals surface area contributed by atoms with E-state index in [0.717, 1.165) is 40.7 Å². The van der Waals surface area contributed by atoms with Crippen molar-refractivity contribution in [1.29, 1.82) is 0 Å². The Balaban J connectivity index is 1.35. The molecule has 1 aliphatic rings. The first kappa shape index (κ1) is 20.3. The molecule has 3 aromatic carbocycles. The fourth-order valence-electron chi connectivity index (χ4n) is 4.18. The molecule has 0 radical (unpaired) electrons. The minimum Gasteiger partial charge on any atom is -0.472 e. The van der Waals surface area contributed by atoms with Crippen LogP contribution in [-0.2, 0) is 0 Å². The normalized spacial score (nSPS) is 15.8. The Morgan fingerprint density at radius 3 is 2.66 bits per heavy atom. The van der Waals surface area contributed by atoms with Gasteiger partial charge in [-0.25, -0.2) is 4.98 Å². The fourth-order valence-corrected chi connectivity index (χ4v) is 4.36. The number of carbonyl (C=O) groups excluding carboxylic acids is 1. The average molecular weight is 444 g/mol. The molecular formula is C26H22ClN3O2. The van der Waals surface area contributed by atoms with Crippen LogP contribution in [0.15, 0.2) is 78.9 Å². The van der Waals surface area contributed by atoms with Gasteiger partial charge in [0.2, 0.25) is 5.88 Å². The van der Waals surface area contributed by atoms with Crippen molar-refractivity contribution in [3.63, 3.8) is 0 Å². The summed E-state index contributed by atoms with van der Waals surface area (Å²) in [4.78, 5) is 19.0. The molecule has 2 heterocycles. The maximum atomic E-state index is 12.2. The first-order chi connectivity index (χ1) is 15.6. The Labute approximate surface area is 191 Å². The smallest absolute Gasteiger partial charge is 0.250 e. The summed E-state index contributed by atoms with van der Waals surface area (Å²) in [5.74, 6) is 0.151. The predicted molar refractivity (Wildman–Crippen MR) is 128 cm³/mol. The van der Waals surface area contributed by atoms with Crippen LogP contribution in [0.1, 0.15) is 16.8 Å². The number of carbonyl (C=O) groups is 1. The molecule has 1 saturated heterocycles. The molecule has 0 saturated carbocycles. The fraction of sp³-hybridized carbons (Fsp3) is 0.154. The van der Waals surface area contributed by atoms with Gasteiger partial charge in [-0.05, 0) is 47.5 Å². The third kappa shape index (κ3) is 4.12. The first-order valence-electron chi connectivity index (χ1n) is 10.5. The van der Waals surface area contributed by atoms with E-state index in [1.807, 2.05) is 78.9 Å². The quantitative estimate of drug-likeness (QED) is 0.453. The van der Waals surface area contributed by atoms with Crippen LogP contribution in [0.25, 0.3) is 22.0 Å². The van der Waals surface area contributed by atoms with Crippen molar-refractivity contribution < 1.29 is 9.53 Å². The van der Waals surface area contributed by atoms with Gasteiger partial charge < -0.3 is 15.4 Å². The lowest BCUT2D eigenvalue weighted by atomic mass is 10.0. The third-order valence-electron chi connectivity index (χ3n) is 5.77. The molecule has 0 spiro atoms. The van der Waals surface area contributed by atoms with Gasteiger partial charge in [0.05, 0.1) is 17.6 Å². The number of hydrogen-bond donors (Lipinski definition) is 1. The number of halogens is 1. The van der Waals surface area contributed by atoms with Crippen molar-refractivity contribution in [2.75, 3.05) is 18.0 Å². The van der Waals surface area contributed by atoms with E-state index >= 15 is 0 Å². The Hall–Kier alpha value is -3.57. The lowest BCUT2D eigenvalue weighted by Gasteiger charge is -2.22. The number of fused-ring (bicyclic) bond motifs is 1. The highest BCUT2D eigenvalue weighted by Crippen LogP contribution is 2.31. The first-order valence-corrected chi connectivity index (χ1v) is 10.9. The zero-order chi connectivity index (χ0) is 22.1. The second-order valence-corrected chi connectivity index (χ2v) is 8.36. The molecule has 32 heavy (non-hydrogen) atoms. The summed E-state index contributed by atoms with van der Waals surface area (Å²) in [5, 5.41) is 1.66. The number of anilines is 1. The average Bonchev–Trinajstić information content (AvgIpc) is 3.27. The number of hydrogen-bond acceptors (Lipinski definition) is 4. The molecule has 0 bridgehead atoms. The molecule has 0 unspecified atom stereocenters. The highest BCUT2D eigenvalue weighted by atomic mass is 35.5. The molecule has 5 nitrogen and oxygen atoms in total. The molecule has 1 aromatic heterocycles. The highest BCUT2D eigenvalue weighted by Gasteiger charge is 2.27. The van der Waals surface area contributed by atoms with E-state index in [1.165, 1.54) is 0 Å². The van der Waals surface area contributed by atoms with E-state index in [0.29, 0.717) is 23.0 Å². The van der Waals surface area contributed by atoms with E-state index in [-0.39, 0.29) is 6.10 Å². The number of nitrogens with two attached hydrogens (primary N) is 1. The lowest BCUT2D eigenvalue weighted by molar-refractivity contribution is 0.100. The van der Waals surface area contributed by atoms with Gasteiger partial charge >= 0.3 is 0 Å². The SMILES string of the molecule is NC(=O)c1cc(-c2ccccc2)ccc1N1CC[C@@H](Oc2ccc3cc(Cl)ccc3n2)C1. The van der Waals surface area contributed by atoms with Crippen LogP contribution in [0.5, 0.6) is 5.88 Å². The highest BCUT2D eigenvalue weighted by molar-refractivity contribution is 6.31. The van der Waals surface area contributed by atoms with Crippen molar-refractivity contribution >= 4 is 34.1 Å². The number of rotatable bonds is 5. The summed E-state index contributed by atoms with van der Waals surface area (Å²) in [6, 6.07) is 25.3. The van der Waals surface area contributed by atoms with Crippen molar-refractivity contribution in [2.45, 2.75) is 12.5 Å². The summed E-state index contributed by atoms with van der Waals surface area (Å²) in [6.45, 7) is 1.43. The van der Waals surface area contributed by atoms with Gasteiger partial charge in [0.15, 0.2) is 0 Å². The molecule has 1 aliphatic heterocycles. The molecule has 1 amide bonds. The predicted octanol–water partition coefficient (Wildman–Crippen LogP) is 5.31. The topological polar surface area (TPSA) is 68.5 Å². The lowest BCUT2D eigenvalue weighted by Crippen LogP contribution is -2.27. The van der Waals surface area contributed by atoms with E-state index < -0.39 is 5.91 Å². The summed E-state index contributed by atoms with van der Waals surface area (Å²) < 4.78 is 6.16. The van der Waals surface area contributed by atoms with Gasteiger partial charge in [0, 0.05) is 35.1 Å². The monoisotopic (exact) mass is 443 g/mol. The molecule has 2 N–H and O–H groups in total. The van der Waals surface area contributed by atoms with Gasteiger partial charge in [-0.2, -0.15) is 0 Å². The van der Waals surface area contributed by atoms with Crippen LogP contribution in [0.3, 0.4) is 0 Å². The second-order valence-electron chi connectivity index (χ2n) is 7.92. The van der Waals surface area contributed by atoms with Gasteiger partial charge in [-0.3, -0.25) is 4.79 Å². The number of benzene rings is 3. The van der Waals surface area contributed by atoms with Gasteiger partial charge in [-0.1, -0.05) is 48.0 Å². The number of pyridine rings is 1. The Morgan fingerprint density at radius 1 is 1.00 bits per heavy atom. The molecule has 1 fully saturated rings. The van der Waals surface area contributed by atoms with Crippen molar-refractivity contribution in [3.8, 4) is 17.0 Å². The number of amides is 1. The van der Waals surface area contributed by atoms with Gasteiger partial charge in [0.25, 0.3) is 5.91 Å². The minimum atomic E-state index is -0.433. The summed E-state index contributed by atoms with van der Waals surface area (Å²) in [5.41, 5.74) is 9.95. The van der Waals surface area contributed by atoms with Gasteiger partial charge in [0.1, 0.15) is 6.10 Å². The van der Waals surface area contributed by atoms with Crippen LogP contribution >= 0.6 is 11.6 Å². The Bertz CT molecular complexity index is 1290. The largest absolute Gasteiger partial charge is 0.472 e. The number of nitrogens with zero attached hydrogens (tertiary/aromatic N) is 2. The molecule has 1 atom stereocenters. The Morgan fingerprint density at radius 2 is 1.84 bits per heavy atom. The summed E-state index contributed by atoms with van der Waals surface area (Å²) in [7, 11) is 0. The molecule has 4 aromatic rings. The molecule has 160 valence electrons. The van der Waals surface area contributed by atoms with Crippen LogP contribution in [0.4, 0.5) is 5.69 Å². The summed E-state index contributed by atoms with van der Waals surface area (Å²) in [6.07, 6.45) is 0.806. The molecule has 0 aliphatic carbocycles. The maximum Gasteiger partial charge on any atom is 0.250 e. The van der Waals surface area contributed by atoms with Crippen molar-refractivity contribution in [1.82, 2.24) is 4.98 Å². The van der Waals surface area contributed by atoms with Crippen LogP contribution < -0.4 is 15.4 Å². The van der Waals surface area contributed by atoms with E-state index in [1.54, 1.807) is 0 Å². The van der Waals surface area contributed by atoms with E-state index in [4.69, 9.17) is 22.1 Å². The van der Waals surface area contributed by atoms with Crippen molar-refractivity contribution in [3.05, 3.63) is 89.4 Å². The van der Waals surface area contributed by atoms with E-state index in [2.05, 4.69) is 9.88 Å². The van der Waals surface area contributed by atoms with Crippen molar-refractivity contribution in [2.24, 2.45) is 5.73 Å². The molecular weight excluding hydrogens is 422 g/mol. The Kier molecular flexibility index (Phi) is 5.41. The zero-order valence-electron chi connectivity index (χ0n) is 17.4. The number of ether oxygens (including phenoxy) is 1.